The van der Waals surface area contributed by atoms with Gasteiger partial charge in [-0.05, 0) is 18.2 Å². The average molecular weight is 257 g/mol. The predicted molar refractivity (Wildman–Crippen MR) is 65.1 cm³/mol. The van der Waals surface area contributed by atoms with Gasteiger partial charge >= 0.3 is 0 Å². The number of imide groups is 1. The van der Waals surface area contributed by atoms with Crippen molar-refractivity contribution in [2.45, 2.75) is 0 Å². The fourth-order valence-corrected chi connectivity index (χ4v) is 2.37. The summed E-state index contributed by atoms with van der Waals surface area (Å²) in [5.41, 5.74) is 0.650. The summed E-state index contributed by atoms with van der Waals surface area (Å²) in [6.07, 6.45) is 1.60. The summed E-state index contributed by atoms with van der Waals surface area (Å²) >= 11 is 6.05. The minimum Gasteiger partial charge on any atom is -0.267 e. The molecule has 0 fully saturated rings. The van der Waals surface area contributed by atoms with E-state index < -0.39 is 11.8 Å². The zero-order chi connectivity index (χ0) is 12.9. The van der Waals surface area contributed by atoms with Crippen molar-refractivity contribution >= 4 is 34.2 Å². The first-order chi connectivity index (χ1) is 8.65. The third-order valence-electron chi connectivity index (χ3n) is 2.95. The van der Waals surface area contributed by atoms with Crippen LogP contribution in [-0.4, -0.2) is 16.7 Å². The molecule has 0 spiro atoms. The monoisotopic (exact) mass is 256 g/mol. The lowest BCUT2D eigenvalue weighted by Gasteiger charge is -2.21. The Labute approximate surface area is 107 Å². The van der Waals surface area contributed by atoms with Crippen LogP contribution < -0.4 is 0 Å². The molecule has 0 N–H and O–H groups in total. The Morgan fingerprint density at radius 2 is 1.72 bits per heavy atom. The van der Waals surface area contributed by atoms with Crippen LogP contribution in [0.25, 0.3) is 10.8 Å². The molecule has 2 amide bonds. The lowest BCUT2D eigenvalue weighted by molar-refractivity contribution is 0.0691. The maximum atomic E-state index is 12.0. The van der Waals surface area contributed by atoms with Gasteiger partial charge in [0.25, 0.3) is 11.8 Å². The first-order valence-electron chi connectivity index (χ1n) is 5.15. The summed E-state index contributed by atoms with van der Waals surface area (Å²) in [7, 11) is 0. The van der Waals surface area contributed by atoms with E-state index in [0.717, 1.165) is 0 Å². The number of carbonyl (C=O) groups excluding carboxylic acids is 2. The molecule has 1 heterocycles. The van der Waals surface area contributed by atoms with E-state index in [2.05, 4.69) is 0 Å². The summed E-state index contributed by atoms with van der Waals surface area (Å²) in [4.78, 5) is 24.6. The van der Waals surface area contributed by atoms with Gasteiger partial charge in [-0.1, -0.05) is 23.7 Å². The van der Waals surface area contributed by atoms with E-state index in [1.807, 2.05) is 0 Å². The third-order valence-corrected chi connectivity index (χ3v) is 3.28. The molecule has 1 aliphatic heterocycles. The Balaban J connectivity index is 2.51. The van der Waals surface area contributed by atoms with Crippen LogP contribution in [0.4, 0.5) is 0 Å². The van der Waals surface area contributed by atoms with Gasteiger partial charge in [-0.2, -0.15) is 10.2 Å². The molecule has 0 aromatic heterocycles. The van der Waals surface area contributed by atoms with Gasteiger partial charge < -0.3 is 0 Å². The Kier molecular flexibility index (Phi) is 2.12. The minimum absolute atomic E-state index is 0.325. The number of carbonyl (C=O) groups is 2. The second-order valence-electron chi connectivity index (χ2n) is 3.87. The lowest BCUT2D eigenvalue weighted by Crippen LogP contribution is -2.36. The highest BCUT2D eigenvalue weighted by Gasteiger charge is 2.33. The van der Waals surface area contributed by atoms with Gasteiger partial charge in [-0.15, -0.1) is 0 Å². The molecule has 2 aromatic carbocycles. The van der Waals surface area contributed by atoms with Crippen LogP contribution in [-0.2, 0) is 0 Å². The lowest BCUT2D eigenvalue weighted by atomic mass is 9.94. The van der Waals surface area contributed by atoms with Crippen LogP contribution in [0.1, 0.15) is 20.7 Å². The Bertz CT molecular complexity index is 739. The van der Waals surface area contributed by atoms with Crippen LogP contribution in [0, 0.1) is 11.5 Å². The quantitative estimate of drug-likeness (QED) is 0.538. The molecule has 18 heavy (non-hydrogen) atoms. The topological polar surface area (TPSA) is 61.2 Å². The van der Waals surface area contributed by atoms with Crippen LogP contribution in [0.3, 0.4) is 0 Å². The molecule has 0 aliphatic carbocycles. The van der Waals surface area contributed by atoms with Crippen LogP contribution in [0.15, 0.2) is 30.3 Å². The second kappa shape index (κ2) is 3.56. The van der Waals surface area contributed by atoms with Crippen molar-refractivity contribution in [3.63, 3.8) is 0 Å². The average Bonchev–Trinajstić information content (AvgIpc) is 2.38. The molecule has 5 heteroatoms. The second-order valence-corrected chi connectivity index (χ2v) is 4.28. The van der Waals surface area contributed by atoms with E-state index in [1.54, 1.807) is 30.5 Å². The molecule has 3 rings (SSSR count). The number of nitrogens with zero attached hydrogens (tertiary/aromatic N) is 2. The van der Waals surface area contributed by atoms with Crippen molar-refractivity contribution in [1.82, 2.24) is 4.90 Å². The van der Waals surface area contributed by atoms with E-state index >= 15 is 0 Å². The van der Waals surface area contributed by atoms with Gasteiger partial charge in [0.2, 0.25) is 0 Å². The Morgan fingerprint density at radius 3 is 2.39 bits per heavy atom. The molecule has 2 aromatic rings. The number of hydrogen-bond acceptors (Lipinski definition) is 3. The number of halogens is 1. The van der Waals surface area contributed by atoms with Crippen LogP contribution >= 0.6 is 11.6 Å². The number of hydrogen-bond donors (Lipinski definition) is 0. The molecule has 4 nitrogen and oxygen atoms in total. The summed E-state index contributed by atoms with van der Waals surface area (Å²) in [6, 6.07) is 8.13. The van der Waals surface area contributed by atoms with Crippen molar-refractivity contribution in [2.24, 2.45) is 0 Å². The van der Waals surface area contributed by atoms with Gasteiger partial charge in [0, 0.05) is 26.9 Å². The molecule has 0 atom stereocenters. The zero-order valence-electron chi connectivity index (χ0n) is 8.98. The van der Waals surface area contributed by atoms with Crippen molar-refractivity contribution in [3.05, 3.63) is 46.5 Å². The fraction of sp³-hybridized carbons (Fsp3) is 0. The van der Waals surface area contributed by atoms with E-state index in [4.69, 9.17) is 16.9 Å². The highest BCUT2D eigenvalue weighted by atomic mass is 35.5. The van der Waals surface area contributed by atoms with Crippen molar-refractivity contribution in [3.8, 4) is 6.19 Å². The molecule has 0 radical (unpaired) electrons. The van der Waals surface area contributed by atoms with Gasteiger partial charge in [0.1, 0.15) is 0 Å². The van der Waals surface area contributed by atoms with Gasteiger partial charge in [-0.25, -0.2) is 0 Å². The molecule has 0 saturated heterocycles. The maximum Gasteiger partial charge on any atom is 0.274 e. The summed E-state index contributed by atoms with van der Waals surface area (Å²) in [6.45, 7) is 0. The normalized spacial score (nSPS) is 13.9. The number of nitriles is 1. The summed E-state index contributed by atoms with van der Waals surface area (Å²) in [5, 5.41) is 10.5. The van der Waals surface area contributed by atoms with Crippen molar-refractivity contribution in [1.29, 1.82) is 5.26 Å². The zero-order valence-corrected chi connectivity index (χ0v) is 9.73. The third kappa shape index (κ3) is 1.19. The predicted octanol–water partition coefficient (Wildman–Crippen LogP) is 2.57. The number of rotatable bonds is 0. The van der Waals surface area contributed by atoms with E-state index in [0.29, 0.717) is 31.8 Å². The molecule has 0 saturated carbocycles. The summed E-state index contributed by atoms with van der Waals surface area (Å²) < 4.78 is 0. The van der Waals surface area contributed by atoms with E-state index in [-0.39, 0.29) is 0 Å². The number of benzene rings is 2. The molecule has 1 aliphatic rings. The highest BCUT2D eigenvalue weighted by Crippen LogP contribution is 2.33. The van der Waals surface area contributed by atoms with Crippen molar-refractivity contribution in [2.75, 3.05) is 0 Å². The molecular weight excluding hydrogens is 252 g/mol. The van der Waals surface area contributed by atoms with Crippen LogP contribution in [0.2, 0.25) is 5.02 Å². The molecule has 0 unspecified atom stereocenters. The van der Waals surface area contributed by atoms with E-state index in [9.17, 15) is 9.59 Å². The van der Waals surface area contributed by atoms with Gasteiger partial charge in [-0.3, -0.25) is 9.59 Å². The fourth-order valence-electron chi connectivity index (χ4n) is 2.15. The number of amides is 2. The molecule has 0 bridgehead atoms. The standard InChI is InChI=1S/C13H5ClN2O2/c14-10-5-4-9-11-7(10)2-1-3-8(11)12(17)16(6-15)13(9)18/h1-5H. The van der Waals surface area contributed by atoms with E-state index in [1.165, 1.54) is 6.07 Å². The smallest absolute Gasteiger partial charge is 0.267 e. The Morgan fingerprint density at radius 1 is 1.06 bits per heavy atom. The first kappa shape index (κ1) is 10.8. The molecular formula is C13H5ClN2O2. The summed E-state index contributed by atoms with van der Waals surface area (Å²) in [5.74, 6) is -1.22. The Hall–Kier alpha value is -2.38. The first-order valence-corrected chi connectivity index (χ1v) is 5.52. The largest absolute Gasteiger partial charge is 0.274 e. The highest BCUT2D eigenvalue weighted by molar-refractivity contribution is 6.38. The molecule has 86 valence electrons. The van der Waals surface area contributed by atoms with Crippen molar-refractivity contribution < 1.29 is 9.59 Å². The van der Waals surface area contributed by atoms with Gasteiger partial charge in [0.15, 0.2) is 6.19 Å². The minimum atomic E-state index is -0.608. The SMILES string of the molecule is N#CN1C(=O)c2cccc3c(Cl)ccc(c23)C1=O. The van der Waals surface area contributed by atoms with Crippen LogP contribution in [0.5, 0.6) is 0 Å². The van der Waals surface area contributed by atoms with Gasteiger partial charge in [0.05, 0.1) is 0 Å². The maximum absolute atomic E-state index is 12.0.